The number of nitrogens with zero attached hydrogens (tertiary/aromatic N) is 1. The van der Waals surface area contributed by atoms with Crippen LogP contribution in [0.4, 0.5) is 0 Å². The van der Waals surface area contributed by atoms with Gasteiger partial charge < -0.3 is 18.9 Å². The Morgan fingerprint density at radius 3 is 0.914 bits per heavy atom. The van der Waals surface area contributed by atoms with E-state index in [2.05, 4.69) is 111 Å². The van der Waals surface area contributed by atoms with Crippen molar-refractivity contribution in [2.45, 2.75) is 373 Å². The van der Waals surface area contributed by atoms with E-state index in [0.29, 0.717) is 17.4 Å². The molecule has 0 aliphatic carbocycles. The van der Waals surface area contributed by atoms with Crippen LogP contribution >= 0.6 is 7.82 Å². The molecule has 0 saturated heterocycles. The third kappa shape index (κ3) is 77.8. The zero-order chi connectivity index (χ0) is 67.6. The summed E-state index contributed by atoms with van der Waals surface area (Å²) >= 11 is 0. The number of unbranched alkanes of at least 4 members (excludes halogenated alkanes) is 43. The number of quaternary nitrogens is 1. The van der Waals surface area contributed by atoms with Crippen molar-refractivity contribution in [1.82, 2.24) is 0 Å². The molecule has 10 heteroatoms. The molecule has 0 aromatic rings. The lowest BCUT2D eigenvalue weighted by atomic mass is 10.0. The highest BCUT2D eigenvalue weighted by atomic mass is 31.2. The molecule has 2 unspecified atom stereocenters. The maximum Gasteiger partial charge on any atom is 0.472 e. The van der Waals surface area contributed by atoms with Crippen LogP contribution in [0.15, 0.2) is 97.2 Å². The predicted molar refractivity (Wildman–Crippen MR) is 404 cm³/mol. The minimum atomic E-state index is -4.40. The Hall–Kier alpha value is -3.07. The average molecular weight is 1320 g/mol. The summed E-state index contributed by atoms with van der Waals surface area (Å²) in [5.41, 5.74) is 0. The van der Waals surface area contributed by atoms with Gasteiger partial charge in [0, 0.05) is 12.8 Å². The Labute approximate surface area is 576 Å². The van der Waals surface area contributed by atoms with E-state index in [1.807, 2.05) is 21.1 Å². The monoisotopic (exact) mass is 1320 g/mol. The van der Waals surface area contributed by atoms with Crippen LogP contribution in [0, 0.1) is 0 Å². The first-order valence-corrected chi connectivity index (χ1v) is 41.0. The SMILES string of the molecule is CC/C=C\C/C=C\C/C=C\C/C=C\C/C=C\C/C=C\C/C=C\C/C=C\CCCCCCCCCCCCC(=O)OC(COC(=O)CCCCCCCCCCCCCCCCCCCCCCCCCCCCCCCCCCCC)COP(=O)(O)OCC[N+](C)(C)C. The summed E-state index contributed by atoms with van der Waals surface area (Å²) in [5, 5.41) is 0. The number of ether oxygens (including phenoxy) is 2. The number of esters is 2. The number of likely N-dealkylation sites (N-methyl/N-ethyl adjacent to an activating group) is 1. The zero-order valence-electron chi connectivity index (χ0n) is 61.7. The Kier molecular flexibility index (Phi) is 70.8. The van der Waals surface area contributed by atoms with Crippen molar-refractivity contribution in [2.24, 2.45) is 0 Å². The molecule has 0 radical (unpaired) electrons. The summed E-state index contributed by atoms with van der Waals surface area (Å²) < 4.78 is 34.8. The maximum atomic E-state index is 12.9. The molecule has 0 amide bonds. The molecule has 0 aromatic heterocycles. The van der Waals surface area contributed by atoms with Gasteiger partial charge in [0.2, 0.25) is 0 Å². The number of hydrogen-bond acceptors (Lipinski definition) is 7. The highest BCUT2D eigenvalue weighted by molar-refractivity contribution is 7.47. The minimum absolute atomic E-state index is 0.0288. The van der Waals surface area contributed by atoms with E-state index in [0.717, 1.165) is 96.3 Å². The zero-order valence-corrected chi connectivity index (χ0v) is 62.6. The van der Waals surface area contributed by atoms with E-state index in [9.17, 15) is 19.0 Å². The lowest BCUT2D eigenvalue weighted by Crippen LogP contribution is -2.37. The van der Waals surface area contributed by atoms with Crippen molar-refractivity contribution in [1.29, 1.82) is 0 Å². The Morgan fingerprint density at radius 1 is 0.344 bits per heavy atom. The lowest BCUT2D eigenvalue weighted by Gasteiger charge is -2.24. The molecule has 9 nitrogen and oxygen atoms in total. The van der Waals surface area contributed by atoms with Gasteiger partial charge in [0.15, 0.2) is 6.10 Å². The summed E-state index contributed by atoms with van der Waals surface area (Å²) in [7, 11) is 1.48. The summed E-state index contributed by atoms with van der Waals surface area (Å²) in [6, 6.07) is 0. The number of carbonyl (C=O) groups excluding carboxylic acids is 2. The first kappa shape index (κ1) is 89.9. The van der Waals surface area contributed by atoms with Crippen molar-refractivity contribution >= 4 is 19.8 Å². The number of phosphoric acid groups is 1. The van der Waals surface area contributed by atoms with E-state index in [1.54, 1.807) is 0 Å². The van der Waals surface area contributed by atoms with Crippen molar-refractivity contribution in [2.75, 3.05) is 47.5 Å². The standard InChI is InChI=1S/C83H150NO8P/c1-6-8-10-12-14-16-18-20-22-24-26-28-30-32-34-36-38-40-42-44-46-48-50-52-54-56-58-60-62-64-66-68-70-72-74-76-83(86)92-81(80-91-93(87,88)90-78-77-84(3,4)5)79-89-82(85)75-73-71-69-67-65-63-61-59-57-55-53-51-49-47-45-43-41-39-37-35-33-31-29-27-25-23-21-19-17-15-13-11-9-7-2/h8,10,14,16,20,22,26,28,32,34,38,40,44,46,50,52,81H,6-7,9,11-13,15,17-19,21,23-25,27,29-31,33,35-37,39,41-43,45,47-49,51,53-80H2,1-5H3/p+1/b10-8-,16-14-,22-20-,28-26-,34-32-,40-38-,46-44-,52-50-. The number of hydrogen-bond donors (Lipinski definition) is 1. The third-order valence-corrected chi connectivity index (χ3v) is 18.4. The molecule has 0 rings (SSSR count). The molecule has 0 bridgehead atoms. The van der Waals surface area contributed by atoms with Crippen LogP contribution in [0.3, 0.4) is 0 Å². The van der Waals surface area contributed by atoms with Crippen LogP contribution in [-0.2, 0) is 32.7 Å². The summed E-state index contributed by atoms with van der Waals surface area (Å²) in [4.78, 5) is 36.0. The molecule has 0 aromatic carbocycles. The lowest BCUT2D eigenvalue weighted by molar-refractivity contribution is -0.870. The molecular weight excluding hydrogens is 1170 g/mol. The number of carbonyl (C=O) groups is 2. The van der Waals surface area contributed by atoms with Crippen molar-refractivity contribution < 1.29 is 42.1 Å². The van der Waals surface area contributed by atoms with Gasteiger partial charge in [0.05, 0.1) is 27.7 Å². The molecular formula is C83H151NO8P+. The first-order valence-electron chi connectivity index (χ1n) is 39.5. The molecule has 0 aliphatic heterocycles. The Morgan fingerprint density at radius 2 is 0.613 bits per heavy atom. The highest BCUT2D eigenvalue weighted by Gasteiger charge is 2.27. The van der Waals surface area contributed by atoms with Gasteiger partial charge in [-0.25, -0.2) is 4.57 Å². The molecule has 0 spiro atoms. The van der Waals surface area contributed by atoms with Crippen LogP contribution in [0.5, 0.6) is 0 Å². The third-order valence-electron chi connectivity index (χ3n) is 17.4. The minimum Gasteiger partial charge on any atom is -0.462 e. The maximum absolute atomic E-state index is 12.9. The van der Waals surface area contributed by atoms with Gasteiger partial charge in [0.25, 0.3) is 0 Å². The molecule has 540 valence electrons. The van der Waals surface area contributed by atoms with Gasteiger partial charge in [0.1, 0.15) is 19.8 Å². The van der Waals surface area contributed by atoms with Gasteiger partial charge in [-0.3, -0.25) is 18.6 Å². The predicted octanol–water partition coefficient (Wildman–Crippen LogP) is 26.2. The number of phosphoric ester groups is 1. The quantitative estimate of drug-likeness (QED) is 0.0211. The fourth-order valence-corrected chi connectivity index (χ4v) is 12.1. The second-order valence-electron chi connectivity index (χ2n) is 27.7. The fraction of sp³-hybridized carbons (Fsp3) is 0.783. The molecule has 1 N–H and O–H groups in total. The molecule has 0 fully saturated rings. The molecule has 93 heavy (non-hydrogen) atoms. The van der Waals surface area contributed by atoms with Gasteiger partial charge in [-0.1, -0.05) is 374 Å². The molecule has 2 atom stereocenters. The number of rotatable bonds is 73. The van der Waals surface area contributed by atoms with E-state index in [-0.39, 0.29) is 32.0 Å². The molecule has 0 aliphatic rings. The van der Waals surface area contributed by atoms with Crippen molar-refractivity contribution in [3.8, 4) is 0 Å². The second kappa shape index (κ2) is 73.2. The summed E-state index contributed by atoms with van der Waals surface area (Å²) in [5.74, 6) is -0.790. The van der Waals surface area contributed by atoms with Crippen LogP contribution in [-0.4, -0.2) is 74.9 Å². The van der Waals surface area contributed by atoms with E-state index >= 15 is 0 Å². The summed E-state index contributed by atoms with van der Waals surface area (Å²) in [6.45, 7) is 4.37. The second-order valence-corrected chi connectivity index (χ2v) is 29.2. The van der Waals surface area contributed by atoms with Crippen LogP contribution < -0.4 is 0 Å². The van der Waals surface area contributed by atoms with Gasteiger partial charge in [-0.05, 0) is 77.0 Å². The highest BCUT2D eigenvalue weighted by Crippen LogP contribution is 2.43. The normalized spacial score (nSPS) is 13.6. The van der Waals surface area contributed by atoms with Crippen LogP contribution in [0.25, 0.3) is 0 Å². The largest absolute Gasteiger partial charge is 0.472 e. The van der Waals surface area contributed by atoms with Crippen molar-refractivity contribution in [3.05, 3.63) is 97.2 Å². The average Bonchev–Trinajstić information content (AvgIpc) is 2.44. The van der Waals surface area contributed by atoms with Gasteiger partial charge in [-0.2, -0.15) is 0 Å². The van der Waals surface area contributed by atoms with Crippen LogP contribution in [0.1, 0.15) is 367 Å². The topological polar surface area (TPSA) is 108 Å². The number of allylic oxidation sites excluding steroid dienone is 16. The van der Waals surface area contributed by atoms with E-state index in [1.165, 1.54) is 238 Å². The fourth-order valence-electron chi connectivity index (χ4n) is 11.4. The van der Waals surface area contributed by atoms with Gasteiger partial charge in [-0.15, -0.1) is 0 Å². The van der Waals surface area contributed by atoms with E-state index in [4.69, 9.17) is 18.5 Å². The molecule has 0 saturated carbocycles. The van der Waals surface area contributed by atoms with Crippen molar-refractivity contribution in [3.63, 3.8) is 0 Å². The van der Waals surface area contributed by atoms with Gasteiger partial charge >= 0.3 is 19.8 Å². The Bertz CT molecular complexity index is 1890. The first-order chi connectivity index (χ1) is 45.5. The van der Waals surface area contributed by atoms with Crippen LogP contribution in [0.2, 0.25) is 0 Å². The molecule has 0 heterocycles. The summed E-state index contributed by atoms with van der Waals surface area (Å²) in [6.07, 6.45) is 103. The van der Waals surface area contributed by atoms with E-state index < -0.39 is 26.5 Å². The smallest absolute Gasteiger partial charge is 0.462 e. The Balaban J connectivity index is 3.99.